The van der Waals surface area contributed by atoms with Crippen LogP contribution < -0.4 is 16.0 Å². The molecule has 1 saturated heterocycles. The van der Waals surface area contributed by atoms with Gasteiger partial charge in [0.05, 0.1) is 0 Å². The van der Waals surface area contributed by atoms with Crippen LogP contribution in [0.2, 0.25) is 0 Å². The minimum absolute atomic E-state index is 0.0354. The van der Waals surface area contributed by atoms with Crippen molar-refractivity contribution in [1.82, 2.24) is 19.8 Å². The lowest BCUT2D eigenvalue weighted by Crippen LogP contribution is -2.35. The highest BCUT2D eigenvalue weighted by atomic mass is 16.6. The molecule has 1 aliphatic heterocycles. The standard InChI is InChI=1S/C19H27N5O4/c1-4-7-14(24-9-6-8-23(3)10-11-24)22-28-19-20-17(26)16-13(5-2)12-15(25)27-18(16)21-19/h12H,4-11H2,1-3H3,(H,20,21,26). The van der Waals surface area contributed by atoms with Crippen molar-refractivity contribution in [2.45, 2.75) is 39.5 Å². The van der Waals surface area contributed by atoms with Crippen molar-refractivity contribution in [3.8, 4) is 6.01 Å². The van der Waals surface area contributed by atoms with Crippen LogP contribution in [0.5, 0.6) is 6.01 Å². The first-order valence-electron chi connectivity index (χ1n) is 9.76. The minimum atomic E-state index is -0.544. The number of oxime groups is 1. The summed E-state index contributed by atoms with van der Waals surface area (Å²) in [5.41, 5.74) is -0.399. The topological polar surface area (TPSA) is 104 Å². The van der Waals surface area contributed by atoms with Crippen LogP contribution >= 0.6 is 0 Å². The van der Waals surface area contributed by atoms with E-state index < -0.39 is 11.2 Å². The van der Waals surface area contributed by atoms with Crippen molar-refractivity contribution < 1.29 is 9.25 Å². The molecule has 0 bridgehead atoms. The summed E-state index contributed by atoms with van der Waals surface area (Å²) in [7, 11) is 2.11. The number of hydrogen-bond donors (Lipinski definition) is 1. The molecule has 152 valence electrons. The van der Waals surface area contributed by atoms with E-state index in [9.17, 15) is 9.59 Å². The fourth-order valence-corrected chi connectivity index (χ4v) is 3.34. The number of likely N-dealkylation sites (N-methyl/N-ethyl adjacent to an activating group) is 1. The van der Waals surface area contributed by atoms with E-state index in [-0.39, 0.29) is 17.1 Å². The second-order valence-electron chi connectivity index (χ2n) is 6.99. The molecule has 0 amide bonds. The molecule has 0 saturated carbocycles. The van der Waals surface area contributed by atoms with E-state index >= 15 is 0 Å². The molecular formula is C19H27N5O4. The van der Waals surface area contributed by atoms with E-state index in [1.165, 1.54) is 6.07 Å². The fourth-order valence-electron chi connectivity index (χ4n) is 3.34. The maximum atomic E-state index is 12.4. The molecule has 0 atom stereocenters. The zero-order chi connectivity index (χ0) is 20.1. The summed E-state index contributed by atoms with van der Waals surface area (Å²) < 4.78 is 5.09. The van der Waals surface area contributed by atoms with Crippen molar-refractivity contribution in [1.29, 1.82) is 0 Å². The number of rotatable bonds is 5. The number of H-pyrrole nitrogens is 1. The second-order valence-corrected chi connectivity index (χ2v) is 6.99. The molecule has 9 heteroatoms. The Labute approximate surface area is 163 Å². The average Bonchev–Trinajstić information content (AvgIpc) is 2.88. The maximum absolute atomic E-state index is 12.4. The molecule has 0 aliphatic carbocycles. The number of fused-ring (bicyclic) bond motifs is 1. The molecule has 1 N–H and O–H groups in total. The highest BCUT2D eigenvalue weighted by Gasteiger charge is 2.17. The summed E-state index contributed by atoms with van der Waals surface area (Å²) in [6.07, 6.45) is 3.26. The number of amidine groups is 1. The predicted molar refractivity (Wildman–Crippen MR) is 107 cm³/mol. The van der Waals surface area contributed by atoms with E-state index in [1.54, 1.807) is 0 Å². The second kappa shape index (κ2) is 9.01. The van der Waals surface area contributed by atoms with Gasteiger partial charge >= 0.3 is 11.6 Å². The van der Waals surface area contributed by atoms with Crippen LogP contribution in [0.3, 0.4) is 0 Å². The van der Waals surface area contributed by atoms with Gasteiger partial charge in [-0.15, -0.1) is 0 Å². The Morgan fingerprint density at radius 1 is 1.29 bits per heavy atom. The third-order valence-corrected chi connectivity index (χ3v) is 4.85. The van der Waals surface area contributed by atoms with Gasteiger partial charge in [0, 0.05) is 32.1 Å². The Hall–Kier alpha value is -2.68. The monoisotopic (exact) mass is 389 g/mol. The Balaban J connectivity index is 1.89. The van der Waals surface area contributed by atoms with Gasteiger partial charge in [-0.1, -0.05) is 19.0 Å². The van der Waals surface area contributed by atoms with Crippen LogP contribution in [-0.2, 0) is 6.42 Å². The van der Waals surface area contributed by atoms with Crippen LogP contribution in [0.1, 0.15) is 38.7 Å². The minimum Gasteiger partial charge on any atom is -0.403 e. The van der Waals surface area contributed by atoms with Gasteiger partial charge in [-0.2, -0.15) is 4.98 Å². The molecule has 1 fully saturated rings. The van der Waals surface area contributed by atoms with E-state index in [0.29, 0.717) is 12.0 Å². The van der Waals surface area contributed by atoms with Crippen LogP contribution in [0.15, 0.2) is 25.2 Å². The normalized spacial score (nSPS) is 16.4. The van der Waals surface area contributed by atoms with Gasteiger partial charge in [-0.3, -0.25) is 9.78 Å². The van der Waals surface area contributed by atoms with E-state index in [1.807, 2.05) is 6.92 Å². The first kappa shape index (κ1) is 20.1. The van der Waals surface area contributed by atoms with Gasteiger partial charge in [0.2, 0.25) is 5.71 Å². The van der Waals surface area contributed by atoms with Crippen molar-refractivity contribution in [3.63, 3.8) is 0 Å². The number of nitrogens with zero attached hydrogens (tertiary/aromatic N) is 4. The van der Waals surface area contributed by atoms with Crippen molar-refractivity contribution in [3.05, 3.63) is 32.4 Å². The Morgan fingerprint density at radius 2 is 2.11 bits per heavy atom. The molecule has 2 aromatic heterocycles. The number of aromatic nitrogens is 2. The average molecular weight is 389 g/mol. The molecule has 9 nitrogen and oxygen atoms in total. The first-order chi connectivity index (χ1) is 13.5. The van der Waals surface area contributed by atoms with Crippen molar-refractivity contribution in [2.75, 3.05) is 33.2 Å². The molecule has 2 aromatic rings. The Kier molecular flexibility index (Phi) is 6.45. The third kappa shape index (κ3) is 4.59. The molecular weight excluding hydrogens is 362 g/mol. The fraction of sp³-hybridized carbons (Fsp3) is 0.579. The summed E-state index contributed by atoms with van der Waals surface area (Å²) in [5, 5.41) is 4.53. The smallest absolute Gasteiger partial charge is 0.337 e. The Bertz CT molecular complexity index is 965. The predicted octanol–water partition coefficient (Wildman–Crippen LogP) is 1.57. The molecule has 0 radical (unpaired) electrons. The number of aromatic amines is 1. The molecule has 28 heavy (non-hydrogen) atoms. The van der Waals surface area contributed by atoms with Gasteiger partial charge in [0.1, 0.15) is 11.2 Å². The summed E-state index contributed by atoms with van der Waals surface area (Å²) in [6, 6.07) is 1.22. The highest BCUT2D eigenvalue weighted by Crippen LogP contribution is 2.14. The summed E-state index contributed by atoms with van der Waals surface area (Å²) >= 11 is 0. The lowest BCUT2D eigenvalue weighted by atomic mass is 10.1. The highest BCUT2D eigenvalue weighted by molar-refractivity contribution is 5.82. The van der Waals surface area contributed by atoms with E-state index in [2.05, 4.69) is 38.9 Å². The van der Waals surface area contributed by atoms with E-state index in [0.717, 1.165) is 51.3 Å². The molecule has 1 aliphatic rings. The molecule has 0 spiro atoms. The number of nitrogens with one attached hydrogen (secondary N) is 1. The van der Waals surface area contributed by atoms with Crippen LogP contribution in [0.4, 0.5) is 0 Å². The van der Waals surface area contributed by atoms with Crippen molar-refractivity contribution >= 4 is 16.9 Å². The molecule has 3 rings (SSSR count). The SMILES string of the molecule is CCCC(=NOc1nc2oc(=O)cc(CC)c2c(=O)[nH]1)N1CCCN(C)CC1. The van der Waals surface area contributed by atoms with Crippen LogP contribution in [-0.4, -0.2) is 58.8 Å². The summed E-state index contributed by atoms with van der Waals surface area (Å²) in [5.74, 6) is 0.823. The largest absolute Gasteiger partial charge is 0.403 e. The zero-order valence-corrected chi connectivity index (χ0v) is 16.7. The number of hydrogen-bond acceptors (Lipinski definition) is 7. The third-order valence-electron chi connectivity index (χ3n) is 4.85. The van der Waals surface area contributed by atoms with Gasteiger partial charge in [-0.05, 0) is 38.4 Å². The van der Waals surface area contributed by atoms with E-state index in [4.69, 9.17) is 9.25 Å². The van der Waals surface area contributed by atoms with Gasteiger partial charge in [0.15, 0.2) is 0 Å². The van der Waals surface area contributed by atoms with Crippen LogP contribution in [0.25, 0.3) is 11.1 Å². The van der Waals surface area contributed by atoms with Crippen LogP contribution in [0, 0.1) is 0 Å². The maximum Gasteiger partial charge on any atom is 0.337 e. The quantitative estimate of drug-likeness (QED) is 0.470. The Morgan fingerprint density at radius 3 is 2.86 bits per heavy atom. The summed E-state index contributed by atoms with van der Waals surface area (Å²) in [6.45, 7) is 7.72. The van der Waals surface area contributed by atoms with Gasteiger partial charge in [0.25, 0.3) is 5.56 Å². The lowest BCUT2D eigenvalue weighted by molar-refractivity contribution is 0.291. The number of aryl methyl sites for hydroxylation is 1. The molecule has 0 aromatic carbocycles. The van der Waals surface area contributed by atoms with Gasteiger partial charge in [-0.25, -0.2) is 4.79 Å². The molecule has 0 unspecified atom stereocenters. The van der Waals surface area contributed by atoms with Crippen molar-refractivity contribution in [2.24, 2.45) is 5.16 Å². The lowest BCUT2D eigenvalue weighted by Gasteiger charge is -2.23. The summed E-state index contributed by atoms with van der Waals surface area (Å²) in [4.78, 5) is 40.8. The molecule has 3 heterocycles. The zero-order valence-electron chi connectivity index (χ0n) is 16.7. The van der Waals surface area contributed by atoms with Gasteiger partial charge < -0.3 is 19.1 Å². The first-order valence-corrected chi connectivity index (χ1v) is 9.76.